The molecule has 0 aromatic heterocycles. The monoisotopic (exact) mass is 254 g/mol. The van der Waals surface area contributed by atoms with Crippen molar-refractivity contribution in [3.8, 4) is 0 Å². The largest absolute Gasteiger partial charge is 0.392 e. The molecule has 0 aromatic rings. The Bertz CT molecular complexity index is 339. The Morgan fingerprint density at radius 2 is 1.94 bits per heavy atom. The fourth-order valence-electron chi connectivity index (χ4n) is 4.31. The first-order valence-corrected chi connectivity index (χ1v) is 7.20. The van der Waals surface area contributed by atoms with Crippen molar-refractivity contribution >= 4 is 5.78 Å². The van der Waals surface area contributed by atoms with E-state index in [2.05, 4.69) is 20.8 Å². The first-order chi connectivity index (χ1) is 8.29. The molecule has 3 heteroatoms. The summed E-state index contributed by atoms with van der Waals surface area (Å²) < 4.78 is 0. The lowest BCUT2D eigenvalue weighted by molar-refractivity contribution is -0.126. The molecule has 2 saturated carbocycles. The fourth-order valence-corrected chi connectivity index (χ4v) is 4.31. The Balaban J connectivity index is 2.35. The third kappa shape index (κ3) is 1.92. The third-order valence-electron chi connectivity index (χ3n) is 5.53. The minimum absolute atomic E-state index is 0.0139. The molecule has 0 unspecified atom stereocenters. The van der Waals surface area contributed by atoms with Gasteiger partial charge >= 0.3 is 0 Å². The van der Waals surface area contributed by atoms with E-state index >= 15 is 0 Å². The molecule has 6 atom stereocenters. The van der Waals surface area contributed by atoms with Gasteiger partial charge in [0.05, 0.1) is 11.7 Å². The number of rotatable bonds is 2. The van der Waals surface area contributed by atoms with E-state index in [0.717, 1.165) is 12.8 Å². The van der Waals surface area contributed by atoms with Crippen LogP contribution < -0.4 is 0 Å². The molecular formula is C15H26O3. The summed E-state index contributed by atoms with van der Waals surface area (Å²) in [6.07, 6.45) is 1.82. The molecule has 2 aliphatic carbocycles. The number of hydrogen-bond acceptors (Lipinski definition) is 3. The zero-order valence-corrected chi connectivity index (χ0v) is 11.9. The lowest BCUT2D eigenvalue weighted by Gasteiger charge is -2.47. The zero-order chi connectivity index (χ0) is 13.7. The molecule has 0 bridgehead atoms. The Labute approximate surface area is 110 Å². The van der Waals surface area contributed by atoms with E-state index < -0.39 is 11.7 Å². The number of ketones is 1. The van der Waals surface area contributed by atoms with E-state index in [1.165, 1.54) is 6.92 Å². The summed E-state index contributed by atoms with van der Waals surface area (Å²) in [7, 11) is 0. The first kappa shape index (κ1) is 14.0. The van der Waals surface area contributed by atoms with E-state index in [9.17, 15) is 15.0 Å². The Morgan fingerprint density at radius 3 is 2.44 bits per heavy atom. The third-order valence-corrected chi connectivity index (χ3v) is 5.53. The average molecular weight is 254 g/mol. The summed E-state index contributed by atoms with van der Waals surface area (Å²) in [5.41, 5.74) is -0.844. The van der Waals surface area contributed by atoms with Crippen LogP contribution in [0.25, 0.3) is 0 Å². The van der Waals surface area contributed by atoms with Crippen LogP contribution in [0.1, 0.15) is 47.0 Å². The molecule has 2 fully saturated rings. The molecule has 2 N–H and O–H groups in total. The van der Waals surface area contributed by atoms with Crippen LogP contribution in [0.2, 0.25) is 0 Å². The lowest BCUT2D eigenvalue weighted by Crippen LogP contribution is -2.51. The van der Waals surface area contributed by atoms with Crippen LogP contribution in [-0.4, -0.2) is 27.7 Å². The summed E-state index contributed by atoms with van der Waals surface area (Å²) in [5.74, 6) is 0.452. The zero-order valence-electron chi connectivity index (χ0n) is 11.9. The summed E-state index contributed by atoms with van der Waals surface area (Å²) >= 11 is 0. The number of hydrogen-bond donors (Lipinski definition) is 2. The average Bonchev–Trinajstić information content (AvgIpc) is 2.54. The van der Waals surface area contributed by atoms with E-state index in [-0.39, 0.29) is 23.5 Å². The number of aliphatic hydroxyl groups excluding tert-OH is 1. The van der Waals surface area contributed by atoms with Gasteiger partial charge in [-0.05, 0) is 43.9 Å². The standard InChI is InChI=1S/C15H26O3/c1-8(2)11-6-5-9(3)15(18)7-12(10(4)16)14(17)13(11)15/h8-9,11-14,17-18H,5-7H2,1-4H3/t9-,11+,12-,13-,14-,15-/m1/s1. The normalized spacial score (nSPS) is 48.3. The van der Waals surface area contributed by atoms with Gasteiger partial charge in [0.1, 0.15) is 5.78 Å². The quantitative estimate of drug-likeness (QED) is 0.792. The number of carbonyl (C=O) groups is 1. The SMILES string of the molecule is CC(=O)[C@H]1C[C@]2(O)[C@@H]([C@@H]1O)[C@H](C(C)C)CC[C@H]2C. The van der Waals surface area contributed by atoms with Gasteiger partial charge in [-0.15, -0.1) is 0 Å². The van der Waals surface area contributed by atoms with Crippen molar-refractivity contribution in [3.05, 3.63) is 0 Å². The second kappa shape index (κ2) is 4.61. The summed E-state index contributed by atoms with van der Waals surface area (Å²) in [4.78, 5) is 11.7. The molecule has 3 nitrogen and oxygen atoms in total. The Morgan fingerprint density at radius 1 is 1.33 bits per heavy atom. The smallest absolute Gasteiger partial charge is 0.135 e. The molecule has 2 rings (SSSR count). The van der Waals surface area contributed by atoms with Crippen LogP contribution in [0.5, 0.6) is 0 Å². The van der Waals surface area contributed by atoms with Crippen molar-refractivity contribution in [2.24, 2.45) is 29.6 Å². The number of fused-ring (bicyclic) bond motifs is 1. The molecule has 104 valence electrons. The minimum Gasteiger partial charge on any atom is -0.392 e. The molecule has 18 heavy (non-hydrogen) atoms. The number of Topliss-reactive ketones (excluding diaryl/α,β-unsaturated/α-hetero) is 1. The van der Waals surface area contributed by atoms with Crippen LogP contribution in [0.15, 0.2) is 0 Å². The highest BCUT2D eigenvalue weighted by Gasteiger charge is 2.60. The maximum absolute atomic E-state index is 11.7. The van der Waals surface area contributed by atoms with Crippen LogP contribution >= 0.6 is 0 Å². The first-order valence-electron chi connectivity index (χ1n) is 7.20. The van der Waals surface area contributed by atoms with Gasteiger partial charge in [-0.2, -0.15) is 0 Å². The molecular weight excluding hydrogens is 228 g/mol. The highest BCUT2D eigenvalue weighted by atomic mass is 16.3. The van der Waals surface area contributed by atoms with Crippen LogP contribution in [0, 0.1) is 29.6 Å². The van der Waals surface area contributed by atoms with Crippen molar-refractivity contribution in [1.82, 2.24) is 0 Å². The van der Waals surface area contributed by atoms with Crippen molar-refractivity contribution < 1.29 is 15.0 Å². The highest BCUT2D eigenvalue weighted by molar-refractivity contribution is 5.79. The van der Waals surface area contributed by atoms with E-state index in [4.69, 9.17) is 0 Å². The lowest BCUT2D eigenvalue weighted by atomic mass is 9.62. The van der Waals surface area contributed by atoms with Gasteiger partial charge < -0.3 is 10.2 Å². The molecule has 0 spiro atoms. The Hall–Kier alpha value is -0.410. The molecule has 0 aliphatic heterocycles. The predicted molar refractivity (Wildman–Crippen MR) is 70.0 cm³/mol. The van der Waals surface area contributed by atoms with Gasteiger partial charge in [-0.3, -0.25) is 4.79 Å². The highest BCUT2D eigenvalue weighted by Crippen LogP contribution is 2.55. The van der Waals surface area contributed by atoms with Crippen LogP contribution in [0.3, 0.4) is 0 Å². The molecule has 0 aromatic carbocycles. The van der Waals surface area contributed by atoms with Crippen molar-refractivity contribution in [2.75, 3.05) is 0 Å². The van der Waals surface area contributed by atoms with Gasteiger partial charge in [-0.1, -0.05) is 20.8 Å². The summed E-state index contributed by atoms with van der Waals surface area (Å²) in [5, 5.41) is 21.5. The number of aliphatic hydroxyl groups is 2. The van der Waals surface area contributed by atoms with E-state index in [1.54, 1.807) is 0 Å². The summed E-state index contributed by atoms with van der Waals surface area (Å²) in [6, 6.07) is 0. The van der Waals surface area contributed by atoms with Gasteiger partial charge in [0.25, 0.3) is 0 Å². The molecule has 0 amide bonds. The number of carbonyl (C=O) groups excluding carboxylic acids is 1. The predicted octanol–water partition coefficient (Wildman–Crippen LogP) is 2.01. The van der Waals surface area contributed by atoms with Crippen molar-refractivity contribution in [3.63, 3.8) is 0 Å². The van der Waals surface area contributed by atoms with Crippen LogP contribution in [0.4, 0.5) is 0 Å². The Kier molecular flexibility index (Phi) is 3.58. The van der Waals surface area contributed by atoms with Crippen molar-refractivity contribution in [2.45, 2.75) is 58.7 Å². The van der Waals surface area contributed by atoms with Crippen LogP contribution in [-0.2, 0) is 4.79 Å². The summed E-state index contributed by atoms with van der Waals surface area (Å²) in [6.45, 7) is 7.88. The second-order valence-electron chi connectivity index (χ2n) is 6.82. The molecule has 0 saturated heterocycles. The maximum atomic E-state index is 11.7. The molecule has 2 aliphatic rings. The van der Waals surface area contributed by atoms with E-state index in [1.807, 2.05) is 0 Å². The molecule has 0 radical (unpaired) electrons. The molecule has 0 heterocycles. The second-order valence-corrected chi connectivity index (χ2v) is 6.82. The maximum Gasteiger partial charge on any atom is 0.135 e. The van der Waals surface area contributed by atoms with Crippen molar-refractivity contribution in [1.29, 1.82) is 0 Å². The fraction of sp³-hybridized carbons (Fsp3) is 0.933. The van der Waals surface area contributed by atoms with Gasteiger partial charge in [0.15, 0.2) is 0 Å². The van der Waals surface area contributed by atoms with Gasteiger partial charge in [-0.25, -0.2) is 0 Å². The minimum atomic E-state index is -0.844. The van der Waals surface area contributed by atoms with Gasteiger partial charge in [0, 0.05) is 11.8 Å². The van der Waals surface area contributed by atoms with Gasteiger partial charge in [0.2, 0.25) is 0 Å². The van der Waals surface area contributed by atoms with E-state index in [0.29, 0.717) is 18.3 Å². The topological polar surface area (TPSA) is 57.5 Å².